The standard InChI is InChI=1S/C16H25N3O/c1-12(2)9-14(10-17)16(20)19-8-4-6-15(19)13-5-3-7-18-11-13/h3,5,7,11-12,14-15H,4,6,8-10,17H2,1-2H3. The van der Waals surface area contributed by atoms with Crippen molar-refractivity contribution >= 4 is 5.91 Å². The molecule has 0 aliphatic carbocycles. The van der Waals surface area contributed by atoms with Gasteiger partial charge < -0.3 is 10.6 Å². The number of carbonyl (C=O) groups excluding carboxylic acids is 1. The molecule has 1 saturated heterocycles. The summed E-state index contributed by atoms with van der Waals surface area (Å²) in [6.45, 7) is 5.55. The first-order chi connectivity index (χ1) is 9.63. The third kappa shape index (κ3) is 3.37. The maximum absolute atomic E-state index is 12.7. The van der Waals surface area contributed by atoms with Gasteiger partial charge in [-0.1, -0.05) is 19.9 Å². The van der Waals surface area contributed by atoms with Crippen molar-refractivity contribution in [3.05, 3.63) is 30.1 Å². The molecule has 2 heterocycles. The highest BCUT2D eigenvalue weighted by molar-refractivity contribution is 5.79. The maximum Gasteiger partial charge on any atom is 0.227 e. The molecular weight excluding hydrogens is 250 g/mol. The van der Waals surface area contributed by atoms with E-state index in [1.54, 1.807) is 6.20 Å². The van der Waals surface area contributed by atoms with E-state index in [2.05, 4.69) is 24.9 Å². The van der Waals surface area contributed by atoms with Crippen LogP contribution in [0.3, 0.4) is 0 Å². The second kappa shape index (κ2) is 6.84. The summed E-state index contributed by atoms with van der Waals surface area (Å²) in [5, 5.41) is 0. The van der Waals surface area contributed by atoms with Crippen LogP contribution in [0, 0.1) is 11.8 Å². The summed E-state index contributed by atoms with van der Waals surface area (Å²) in [5.74, 6) is 0.659. The van der Waals surface area contributed by atoms with Crippen LogP contribution >= 0.6 is 0 Å². The van der Waals surface area contributed by atoms with E-state index in [9.17, 15) is 4.79 Å². The predicted octanol–water partition coefficient (Wildman–Crippen LogP) is 2.37. The molecule has 20 heavy (non-hydrogen) atoms. The zero-order chi connectivity index (χ0) is 14.5. The highest BCUT2D eigenvalue weighted by Crippen LogP contribution is 2.33. The van der Waals surface area contributed by atoms with Gasteiger partial charge in [0.15, 0.2) is 0 Å². The molecule has 0 saturated carbocycles. The summed E-state index contributed by atoms with van der Waals surface area (Å²) in [6.07, 6.45) is 6.59. The lowest BCUT2D eigenvalue weighted by molar-refractivity contribution is -0.136. The van der Waals surface area contributed by atoms with Crippen LogP contribution in [0.2, 0.25) is 0 Å². The molecule has 0 spiro atoms. The molecule has 2 N–H and O–H groups in total. The van der Waals surface area contributed by atoms with Crippen LogP contribution in [-0.4, -0.2) is 28.9 Å². The maximum atomic E-state index is 12.7. The Hall–Kier alpha value is -1.42. The van der Waals surface area contributed by atoms with Crippen molar-refractivity contribution < 1.29 is 4.79 Å². The number of hydrogen-bond acceptors (Lipinski definition) is 3. The molecule has 1 aromatic heterocycles. The van der Waals surface area contributed by atoms with Crippen LogP contribution in [-0.2, 0) is 4.79 Å². The normalized spacial score (nSPS) is 20.4. The lowest BCUT2D eigenvalue weighted by Gasteiger charge is -2.29. The molecule has 1 aliphatic rings. The summed E-state index contributed by atoms with van der Waals surface area (Å²) < 4.78 is 0. The topological polar surface area (TPSA) is 59.2 Å². The molecule has 0 radical (unpaired) electrons. The Morgan fingerprint density at radius 1 is 1.55 bits per heavy atom. The summed E-state index contributed by atoms with van der Waals surface area (Å²) in [6, 6.07) is 4.17. The molecule has 2 atom stereocenters. The van der Waals surface area contributed by atoms with E-state index in [0.29, 0.717) is 12.5 Å². The molecule has 2 rings (SSSR count). The van der Waals surface area contributed by atoms with Crippen molar-refractivity contribution in [2.75, 3.05) is 13.1 Å². The molecule has 1 fully saturated rings. The number of nitrogens with two attached hydrogens (primary N) is 1. The highest BCUT2D eigenvalue weighted by Gasteiger charge is 2.33. The Bertz CT molecular complexity index is 433. The molecule has 110 valence electrons. The van der Waals surface area contributed by atoms with Gasteiger partial charge in [-0.25, -0.2) is 0 Å². The van der Waals surface area contributed by atoms with Gasteiger partial charge in [0.25, 0.3) is 0 Å². The van der Waals surface area contributed by atoms with Gasteiger partial charge in [0.2, 0.25) is 5.91 Å². The Labute approximate surface area is 121 Å². The van der Waals surface area contributed by atoms with E-state index in [4.69, 9.17) is 5.73 Å². The van der Waals surface area contributed by atoms with Crippen molar-refractivity contribution in [3.8, 4) is 0 Å². The van der Waals surface area contributed by atoms with Crippen molar-refractivity contribution in [1.82, 2.24) is 9.88 Å². The number of likely N-dealkylation sites (tertiary alicyclic amines) is 1. The minimum absolute atomic E-state index is 0.0488. The smallest absolute Gasteiger partial charge is 0.227 e. The Balaban J connectivity index is 2.12. The second-order valence-electron chi connectivity index (χ2n) is 6.04. The van der Waals surface area contributed by atoms with Gasteiger partial charge in [0.05, 0.1) is 12.0 Å². The fourth-order valence-electron chi connectivity index (χ4n) is 3.05. The van der Waals surface area contributed by atoms with Crippen molar-refractivity contribution in [2.24, 2.45) is 17.6 Å². The number of aromatic nitrogens is 1. The van der Waals surface area contributed by atoms with Crippen LogP contribution in [0.5, 0.6) is 0 Å². The average molecular weight is 275 g/mol. The molecule has 4 heteroatoms. The van der Waals surface area contributed by atoms with Gasteiger partial charge in [0.1, 0.15) is 0 Å². The first kappa shape index (κ1) is 15.0. The molecule has 2 unspecified atom stereocenters. The Morgan fingerprint density at radius 2 is 2.35 bits per heavy atom. The number of nitrogens with zero attached hydrogens (tertiary/aromatic N) is 2. The van der Waals surface area contributed by atoms with E-state index in [1.807, 2.05) is 17.2 Å². The predicted molar refractivity (Wildman–Crippen MR) is 79.9 cm³/mol. The van der Waals surface area contributed by atoms with E-state index >= 15 is 0 Å². The quantitative estimate of drug-likeness (QED) is 0.897. The summed E-state index contributed by atoms with van der Waals surface area (Å²) >= 11 is 0. The van der Waals surface area contributed by atoms with Crippen LogP contribution in [0.1, 0.15) is 44.7 Å². The van der Waals surface area contributed by atoms with Crippen LogP contribution in [0.4, 0.5) is 0 Å². The summed E-state index contributed by atoms with van der Waals surface area (Å²) in [7, 11) is 0. The minimum atomic E-state index is -0.0488. The fraction of sp³-hybridized carbons (Fsp3) is 0.625. The molecule has 0 aromatic carbocycles. The summed E-state index contributed by atoms with van der Waals surface area (Å²) in [4.78, 5) is 18.9. The molecule has 1 aliphatic heterocycles. The number of amides is 1. The largest absolute Gasteiger partial charge is 0.335 e. The first-order valence-corrected chi connectivity index (χ1v) is 7.54. The fourth-order valence-corrected chi connectivity index (χ4v) is 3.05. The number of pyridine rings is 1. The lowest BCUT2D eigenvalue weighted by Crippen LogP contribution is -2.39. The average Bonchev–Trinajstić information content (AvgIpc) is 2.94. The molecule has 4 nitrogen and oxygen atoms in total. The Kier molecular flexibility index (Phi) is 5.12. The van der Waals surface area contributed by atoms with Crippen LogP contribution in [0.25, 0.3) is 0 Å². The van der Waals surface area contributed by atoms with E-state index in [-0.39, 0.29) is 17.9 Å². The molecule has 0 bridgehead atoms. The van der Waals surface area contributed by atoms with Crippen molar-refractivity contribution in [3.63, 3.8) is 0 Å². The number of carbonyl (C=O) groups is 1. The van der Waals surface area contributed by atoms with Gasteiger partial charge in [-0.05, 0) is 36.8 Å². The first-order valence-electron chi connectivity index (χ1n) is 7.54. The third-order valence-corrected chi connectivity index (χ3v) is 3.99. The Morgan fingerprint density at radius 3 is 2.95 bits per heavy atom. The molecule has 1 aromatic rings. The monoisotopic (exact) mass is 275 g/mol. The molecule has 1 amide bonds. The number of rotatable bonds is 5. The third-order valence-electron chi connectivity index (χ3n) is 3.99. The van der Waals surface area contributed by atoms with Crippen LogP contribution in [0.15, 0.2) is 24.5 Å². The lowest BCUT2D eigenvalue weighted by atomic mass is 9.95. The second-order valence-corrected chi connectivity index (χ2v) is 6.04. The van der Waals surface area contributed by atoms with Crippen LogP contribution < -0.4 is 5.73 Å². The zero-order valence-corrected chi connectivity index (χ0v) is 12.5. The SMILES string of the molecule is CC(C)CC(CN)C(=O)N1CCCC1c1cccnc1. The van der Waals surface area contributed by atoms with Gasteiger partial charge in [-0.2, -0.15) is 0 Å². The molecular formula is C16H25N3O. The van der Waals surface area contributed by atoms with E-state index in [0.717, 1.165) is 31.4 Å². The van der Waals surface area contributed by atoms with E-state index in [1.165, 1.54) is 0 Å². The highest BCUT2D eigenvalue weighted by atomic mass is 16.2. The van der Waals surface area contributed by atoms with Gasteiger partial charge in [0, 0.05) is 25.5 Å². The zero-order valence-electron chi connectivity index (χ0n) is 12.5. The van der Waals surface area contributed by atoms with E-state index < -0.39 is 0 Å². The van der Waals surface area contributed by atoms with Crippen molar-refractivity contribution in [2.45, 2.75) is 39.2 Å². The van der Waals surface area contributed by atoms with Gasteiger partial charge in [-0.3, -0.25) is 9.78 Å². The van der Waals surface area contributed by atoms with Gasteiger partial charge >= 0.3 is 0 Å². The van der Waals surface area contributed by atoms with Gasteiger partial charge in [-0.15, -0.1) is 0 Å². The van der Waals surface area contributed by atoms with Crippen molar-refractivity contribution in [1.29, 1.82) is 0 Å². The minimum Gasteiger partial charge on any atom is -0.335 e. The number of hydrogen-bond donors (Lipinski definition) is 1. The summed E-state index contributed by atoms with van der Waals surface area (Å²) in [5.41, 5.74) is 6.95.